The fourth-order valence-corrected chi connectivity index (χ4v) is 8.93. The van der Waals surface area contributed by atoms with E-state index in [1.165, 1.54) is 38.2 Å². The van der Waals surface area contributed by atoms with Crippen LogP contribution >= 0.6 is 0 Å². The molecule has 3 aromatic heterocycles. The van der Waals surface area contributed by atoms with E-state index in [2.05, 4.69) is 190 Å². The summed E-state index contributed by atoms with van der Waals surface area (Å²) in [5, 5.41) is 10.7. The quantitative estimate of drug-likeness (QED) is 0.198. The Kier molecular flexibility index (Phi) is 6.33. The first kappa shape index (κ1) is 30.1. The van der Waals surface area contributed by atoms with Crippen molar-refractivity contribution in [2.45, 2.75) is 6.04 Å². The lowest BCUT2D eigenvalue weighted by molar-refractivity contribution is 0.666. The van der Waals surface area contributed by atoms with Crippen LogP contribution in [-0.4, -0.2) is 21.0 Å². The molecule has 1 aliphatic carbocycles. The second-order valence-corrected chi connectivity index (χ2v) is 14.4. The second kappa shape index (κ2) is 11.6. The summed E-state index contributed by atoms with van der Waals surface area (Å²) < 4.78 is 11.8. The van der Waals surface area contributed by atoms with Gasteiger partial charge in [-0.25, -0.2) is 4.99 Å². The number of furan rings is 1. The number of fused-ring (bicyclic) bond motifs is 11. The summed E-state index contributed by atoms with van der Waals surface area (Å²) in [6.45, 7) is 0. The number of allylic oxidation sites excluding steroid dienone is 2. The fraction of sp³-hybridized carbons (Fsp3) is 0.0200. The molecule has 1 atom stereocenters. The molecule has 0 bridgehead atoms. The Morgan fingerprint density at radius 2 is 1.18 bits per heavy atom. The number of para-hydroxylation sites is 4. The van der Waals surface area contributed by atoms with Gasteiger partial charge in [-0.05, 0) is 42.5 Å². The van der Waals surface area contributed by atoms with E-state index in [9.17, 15) is 0 Å². The number of aromatic nitrogens is 2. The lowest BCUT2D eigenvalue weighted by Gasteiger charge is -2.28. The molecule has 1 N–H and O–H groups in total. The summed E-state index contributed by atoms with van der Waals surface area (Å²) in [7, 11) is 0. The van der Waals surface area contributed by atoms with Crippen LogP contribution in [0.2, 0.25) is 0 Å². The van der Waals surface area contributed by atoms with Gasteiger partial charge in [0.1, 0.15) is 11.4 Å². The molecule has 10 aromatic rings. The zero-order chi connectivity index (χ0) is 36.0. The van der Waals surface area contributed by atoms with E-state index in [0.29, 0.717) is 0 Å². The van der Waals surface area contributed by atoms with Gasteiger partial charge in [0.05, 0.1) is 39.5 Å². The molecule has 0 radical (unpaired) electrons. The molecule has 0 spiro atoms. The highest BCUT2D eigenvalue weighted by atomic mass is 16.3. The van der Waals surface area contributed by atoms with Crippen molar-refractivity contribution >= 4 is 77.1 Å². The summed E-state index contributed by atoms with van der Waals surface area (Å²) in [5.74, 6) is 0.827. The molecule has 1 unspecified atom stereocenters. The van der Waals surface area contributed by atoms with Crippen molar-refractivity contribution in [1.29, 1.82) is 0 Å². The molecule has 0 fully saturated rings. The van der Waals surface area contributed by atoms with Crippen molar-refractivity contribution in [3.05, 3.63) is 199 Å². The van der Waals surface area contributed by atoms with Crippen molar-refractivity contribution in [1.82, 2.24) is 14.5 Å². The fourth-order valence-electron chi connectivity index (χ4n) is 8.93. The molecule has 12 rings (SSSR count). The molecule has 55 heavy (non-hydrogen) atoms. The van der Waals surface area contributed by atoms with E-state index in [-0.39, 0.29) is 6.04 Å². The van der Waals surface area contributed by atoms with Crippen molar-refractivity contribution in [3.63, 3.8) is 0 Å². The highest BCUT2D eigenvalue weighted by molar-refractivity contribution is 6.24. The van der Waals surface area contributed by atoms with E-state index in [1.807, 2.05) is 6.07 Å². The maximum Gasteiger partial charge on any atom is 0.159 e. The first-order valence-corrected chi connectivity index (χ1v) is 18.8. The number of benzene rings is 7. The van der Waals surface area contributed by atoms with E-state index in [1.54, 1.807) is 0 Å². The number of nitrogens with zero attached hydrogens (tertiary/aromatic N) is 3. The number of rotatable bonds is 4. The van der Waals surface area contributed by atoms with Gasteiger partial charge in [-0.3, -0.25) is 0 Å². The third kappa shape index (κ3) is 4.38. The SMILES string of the molecule is C1=CC2=C(c3ccccc3)N=C(c3ccc4c(c3)oc3c(-n5c6ccccc6c6ccc7c8ccccc8n(-c8ccccc8)c7c65)cccc34)NC2C=C1. The Morgan fingerprint density at radius 1 is 0.527 bits per heavy atom. The van der Waals surface area contributed by atoms with Crippen LogP contribution in [0.1, 0.15) is 11.1 Å². The molecule has 5 heteroatoms. The molecule has 0 saturated carbocycles. The minimum absolute atomic E-state index is 0.0318. The number of hydrogen-bond donors (Lipinski definition) is 1. The van der Waals surface area contributed by atoms with Gasteiger partial charge in [-0.2, -0.15) is 0 Å². The third-order valence-electron chi connectivity index (χ3n) is 11.3. The molecular formula is C50H32N4O. The van der Waals surface area contributed by atoms with Gasteiger partial charge >= 0.3 is 0 Å². The monoisotopic (exact) mass is 704 g/mol. The van der Waals surface area contributed by atoms with Crippen molar-refractivity contribution in [3.8, 4) is 11.4 Å². The summed E-state index contributed by atoms with van der Waals surface area (Å²) in [4.78, 5) is 5.23. The summed E-state index contributed by atoms with van der Waals surface area (Å²) in [6, 6.07) is 56.2. The topological polar surface area (TPSA) is 47.4 Å². The van der Waals surface area contributed by atoms with Crippen molar-refractivity contribution in [2.24, 2.45) is 4.99 Å². The molecule has 5 nitrogen and oxygen atoms in total. The van der Waals surface area contributed by atoms with Crippen LogP contribution in [0, 0.1) is 0 Å². The largest absolute Gasteiger partial charge is 0.454 e. The molecule has 0 saturated heterocycles. The smallest absolute Gasteiger partial charge is 0.159 e. The Hall–Kier alpha value is -7.37. The van der Waals surface area contributed by atoms with Gasteiger partial charge < -0.3 is 18.9 Å². The van der Waals surface area contributed by atoms with Gasteiger partial charge in [0, 0.05) is 54.7 Å². The van der Waals surface area contributed by atoms with Crippen LogP contribution in [0.25, 0.3) is 82.6 Å². The molecule has 0 amide bonds. The lowest BCUT2D eigenvalue weighted by Crippen LogP contribution is -2.39. The minimum Gasteiger partial charge on any atom is -0.454 e. The average molecular weight is 705 g/mol. The van der Waals surface area contributed by atoms with Crippen LogP contribution in [0.15, 0.2) is 197 Å². The Balaban J connectivity index is 1.11. The van der Waals surface area contributed by atoms with Gasteiger partial charge in [0.25, 0.3) is 0 Å². The zero-order valence-corrected chi connectivity index (χ0v) is 29.6. The highest BCUT2D eigenvalue weighted by Crippen LogP contribution is 2.43. The van der Waals surface area contributed by atoms with Gasteiger partial charge in [-0.15, -0.1) is 0 Å². The predicted octanol–water partition coefficient (Wildman–Crippen LogP) is 12.0. The number of amidine groups is 1. The Labute approximate surface area is 316 Å². The highest BCUT2D eigenvalue weighted by Gasteiger charge is 2.26. The predicted molar refractivity (Wildman–Crippen MR) is 228 cm³/mol. The molecule has 7 aromatic carbocycles. The van der Waals surface area contributed by atoms with E-state index >= 15 is 0 Å². The van der Waals surface area contributed by atoms with Gasteiger partial charge in [-0.1, -0.05) is 140 Å². The van der Waals surface area contributed by atoms with Crippen LogP contribution in [-0.2, 0) is 0 Å². The summed E-state index contributed by atoms with van der Waals surface area (Å²) in [5.41, 5.74) is 12.7. The molecule has 2 aliphatic rings. The normalized spacial score (nSPS) is 15.5. The van der Waals surface area contributed by atoms with Crippen LogP contribution in [0.5, 0.6) is 0 Å². The van der Waals surface area contributed by atoms with E-state index in [0.717, 1.165) is 67.0 Å². The molecule has 4 heterocycles. The van der Waals surface area contributed by atoms with Crippen LogP contribution < -0.4 is 5.32 Å². The minimum atomic E-state index is 0.0318. The van der Waals surface area contributed by atoms with Gasteiger partial charge in [0.15, 0.2) is 5.58 Å². The second-order valence-electron chi connectivity index (χ2n) is 14.4. The average Bonchev–Trinajstić information content (AvgIpc) is 3.91. The summed E-state index contributed by atoms with van der Waals surface area (Å²) in [6.07, 6.45) is 8.53. The molecule has 258 valence electrons. The Morgan fingerprint density at radius 3 is 1.96 bits per heavy atom. The van der Waals surface area contributed by atoms with E-state index in [4.69, 9.17) is 9.41 Å². The van der Waals surface area contributed by atoms with Gasteiger partial charge in [0.2, 0.25) is 0 Å². The maximum absolute atomic E-state index is 6.99. The van der Waals surface area contributed by atoms with Crippen LogP contribution in [0.3, 0.4) is 0 Å². The van der Waals surface area contributed by atoms with Crippen LogP contribution in [0.4, 0.5) is 0 Å². The number of nitrogens with one attached hydrogen (secondary N) is 1. The standard InChI is InChI=1S/C50H32N4O/c1-3-14-31(15-4-1)46-40-20-7-10-22-41(40)51-50(52-46)32-26-27-36-39-21-13-25-44(49(39)55-45(36)30-32)54-43-24-12-9-19-35(43)38-29-28-37-34-18-8-11-23-42(34)53(47(37)48(38)54)33-16-5-2-6-17-33/h1-30,41H,(H,51,52). The zero-order valence-electron chi connectivity index (χ0n) is 29.6. The third-order valence-corrected chi connectivity index (χ3v) is 11.3. The molecule has 1 aliphatic heterocycles. The first-order valence-electron chi connectivity index (χ1n) is 18.8. The maximum atomic E-state index is 6.99. The first-order chi connectivity index (χ1) is 27.3. The van der Waals surface area contributed by atoms with Crippen molar-refractivity contribution < 1.29 is 4.42 Å². The lowest BCUT2D eigenvalue weighted by atomic mass is 9.94. The van der Waals surface area contributed by atoms with E-state index < -0.39 is 0 Å². The van der Waals surface area contributed by atoms with Crippen molar-refractivity contribution in [2.75, 3.05) is 0 Å². The molecular weight excluding hydrogens is 673 g/mol. The Bertz CT molecular complexity index is 3340. The number of hydrogen-bond acceptors (Lipinski definition) is 3. The summed E-state index contributed by atoms with van der Waals surface area (Å²) >= 11 is 0. The number of aliphatic imine (C=N–C) groups is 1.